The second kappa shape index (κ2) is 27.9. The van der Waals surface area contributed by atoms with Crippen LogP contribution in [-0.4, -0.2) is 23.4 Å². The largest absolute Gasteiger partial charge is 0.428 e. The van der Waals surface area contributed by atoms with Crippen LogP contribution in [0.5, 0.6) is 0 Å². The van der Waals surface area contributed by atoms with E-state index in [1.54, 1.807) is 0 Å². The molecule has 0 saturated carbocycles. The summed E-state index contributed by atoms with van der Waals surface area (Å²) in [5, 5.41) is 14.9. The smallest absolute Gasteiger partial charge is 0 e. The van der Waals surface area contributed by atoms with Gasteiger partial charge in [-0.3, -0.25) is 0 Å². The van der Waals surface area contributed by atoms with E-state index in [0.29, 0.717) is 0 Å². The molecule has 43 valence electrons. The summed E-state index contributed by atoms with van der Waals surface area (Å²) in [6.07, 6.45) is 0. The predicted octanol–water partition coefficient (Wildman–Crippen LogP) is -0.377. The Hall–Kier alpha value is 1.02. The van der Waals surface area contributed by atoms with Crippen molar-refractivity contribution in [3.05, 3.63) is 13.8 Å². The molecule has 3 heteroatoms. The van der Waals surface area contributed by atoms with Crippen molar-refractivity contribution in [3.63, 3.8) is 0 Å². The molecule has 0 spiro atoms. The molecule has 0 aliphatic rings. The average molecular weight is 179 g/mol. The molecule has 7 heavy (non-hydrogen) atoms. The minimum absolute atomic E-state index is 0. The fourth-order valence-electron chi connectivity index (χ4n) is 0. The number of aliphatic hydroxyl groups excluding tert-OH is 2. The van der Waals surface area contributed by atoms with Gasteiger partial charge in [0.05, 0.1) is 0 Å². The van der Waals surface area contributed by atoms with Crippen LogP contribution in [0, 0.1) is 13.8 Å². The van der Waals surface area contributed by atoms with Crippen molar-refractivity contribution in [2.24, 2.45) is 0 Å². The Balaban J connectivity index is -0.0000000400. The van der Waals surface area contributed by atoms with E-state index in [9.17, 15) is 0 Å². The summed E-state index contributed by atoms with van der Waals surface area (Å²) >= 11 is 0. The molecule has 0 aromatic heterocycles. The maximum atomic E-state index is 7.46. The van der Waals surface area contributed by atoms with E-state index in [4.69, 9.17) is 10.2 Å². The van der Waals surface area contributed by atoms with Gasteiger partial charge in [0, 0.05) is 32.7 Å². The van der Waals surface area contributed by atoms with Crippen LogP contribution in [0.1, 0.15) is 0 Å². The van der Waals surface area contributed by atoms with E-state index in [1.807, 2.05) is 0 Å². The molecule has 0 aromatic rings. The summed E-state index contributed by atoms with van der Waals surface area (Å²) in [6.45, 7) is 6.08. The van der Waals surface area contributed by atoms with Gasteiger partial charge in [0.15, 0.2) is 0 Å². The summed E-state index contributed by atoms with van der Waals surface area (Å²) in [5.41, 5.74) is 0. The van der Waals surface area contributed by atoms with E-state index in [0.717, 1.165) is 0 Å². The van der Waals surface area contributed by atoms with Crippen molar-refractivity contribution in [1.29, 1.82) is 0 Å². The Morgan fingerprint density at radius 3 is 1.00 bits per heavy atom. The predicted molar refractivity (Wildman–Crippen MR) is 24.9 cm³/mol. The average Bonchev–Trinajstić information content (AvgIpc) is 1.39. The van der Waals surface area contributed by atoms with E-state index in [-0.39, 0.29) is 45.9 Å². The van der Waals surface area contributed by atoms with Crippen LogP contribution in [-0.2, 0) is 32.7 Å². The maximum absolute atomic E-state index is 7.46. The molecule has 0 amide bonds. The SMILES string of the molecule is [CH2-]CO.[CH2-]CO.[Y]. The molecule has 0 aliphatic carbocycles. The third kappa shape index (κ3) is 169. The van der Waals surface area contributed by atoms with Crippen molar-refractivity contribution in [1.82, 2.24) is 0 Å². The van der Waals surface area contributed by atoms with Crippen molar-refractivity contribution in [2.75, 3.05) is 13.2 Å². The quantitative estimate of drug-likeness (QED) is 0.498. The molecule has 1 radical (unpaired) electrons. The minimum atomic E-state index is 0. The van der Waals surface area contributed by atoms with E-state index in [2.05, 4.69) is 13.8 Å². The van der Waals surface area contributed by atoms with Gasteiger partial charge in [-0.15, -0.1) is 0 Å². The summed E-state index contributed by atoms with van der Waals surface area (Å²) in [6, 6.07) is 0. The zero-order valence-electron chi connectivity index (χ0n) is 4.30. The fourth-order valence-corrected chi connectivity index (χ4v) is 0. The molecule has 0 atom stereocenters. The molecule has 0 unspecified atom stereocenters. The van der Waals surface area contributed by atoms with Crippen LogP contribution in [0.4, 0.5) is 0 Å². The molecule has 0 fully saturated rings. The second-order valence-electron chi connectivity index (χ2n) is 0.447. The molecule has 0 aliphatic heterocycles. The second-order valence-corrected chi connectivity index (χ2v) is 0.447. The number of hydrogen-bond acceptors (Lipinski definition) is 2. The zero-order chi connectivity index (χ0) is 5.41. The first kappa shape index (κ1) is 15.7. The molecule has 0 bridgehead atoms. The van der Waals surface area contributed by atoms with Crippen molar-refractivity contribution in [3.8, 4) is 0 Å². The Morgan fingerprint density at radius 2 is 1.00 bits per heavy atom. The Bertz CT molecular complexity index is 11.7. The Morgan fingerprint density at radius 1 is 1.00 bits per heavy atom. The van der Waals surface area contributed by atoms with Crippen molar-refractivity contribution < 1.29 is 42.9 Å². The first-order valence-electron chi connectivity index (χ1n) is 1.63. The third-order valence-corrected chi connectivity index (χ3v) is 0. The van der Waals surface area contributed by atoms with Crippen LogP contribution < -0.4 is 0 Å². The van der Waals surface area contributed by atoms with Crippen LogP contribution in [0.15, 0.2) is 0 Å². The van der Waals surface area contributed by atoms with E-state index < -0.39 is 0 Å². The van der Waals surface area contributed by atoms with Crippen LogP contribution in [0.3, 0.4) is 0 Å². The number of rotatable bonds is 0. The van der Waals surface area contributed by atoms with E-state index in [1.165, 1.54) is 0 Å². The first-order chi connectivity index (χ1) is 2.83. The van der Waals surface area contributed by atoms with Gasteiger partial charge in [0.1, 0.15) is 0 Å². The summed E-state index contributed by atoms with van der Waals surface area (Å²) < 4.78 is 0. The Labute approximate surface area is 69.8 Å². The molecule has 0 aromatic carbocycles. The van der Waals surface area contributed by atoms with Crippen LogP contribution in [0.2, 0.25) is 0 Å². The summed E-state index contributed by atoms with van der Waals surface area (Å²) in [7, 11) is 0. The molecule has 2 nitrogen and oxygen atoms in total. The fraction of sp³-hybridized carbons (Fsp3) is 0.500. The monoisotopic (exact) mass is 179 g/mol. The van der Waals surface area contributed by atoms with Crippen molar-refractivity contribution in [2.45, 2.75) is 0 Å². The van der Waals surface area contributed by atoms with Crippen LogP contribution >= 0.6 is 0 Å². The molecule has 0 saturated heterocycles. The molecule has 0 rings (SSSR count). The normalized spacial score (nSPS) is 5.14. The number of hydrogen-bond donors (Lipinski definition) is 2. The van der Waals surface area contributed by atoms with Gasteiger partial charge in [-0.25, -0.2) is 0 Å². The Kier molecular flexibility index (Phi) is 62.5. The van der Waals surface area contributed by atoms with Gasteiger partial charge >= 0.3 is 0 Å². The first-order valence-corrected chi connectivity index (χ1v) is 1.63. The maximum Gasteiger partial charge on any atom is 0 e. The molecular weight excluding hydrogens is 169 g/mol. The van der Waals surface area contributed by atoms with Gasteiger partial charge in [0.2, 0.25) is 0 Å². The van der Waals surface area contributed by atoms with Gasteiger partial charge in [0.25, 0.3) is 0 Å². The van der Waals surface area contributed by atoms with E-state index >= 15 is 0 Å². The zero-order valence-corrected chi connectivity index (χ0v) is 7.14. The molecular formula is C4H10O2Y-2. The third-order valence-electron chi connectivity index (χ3n) is 0. The van der Waals surface area contributed by atoms with Crippen molar-refractivity contribution >= 4 is 0 Å². The molecule has 0 heterocycles. The van der Waals surface area contributed by atoms with Gasteiger partial charge in [-0.05, 0) is 0 Å². The number of aliphatic hydroxyl groups is 2. The molecule has 2 N–H and O–H groups in total. The topological polar surface area (TPSA) is 40.5 Å². The summed E-state index contributed by atoms with van der Waals surface area (Å²) in [4.78, 5) is 0. The summed E-state index contributed by atoms with van der Waals surface area (Å²) in [5.74, 6) is 0. The van der Waals surface area contributed by atoms with Crippen LogP contribution in [0.25, 0.3) is 0 Å². The standard InChI is InChI=1S/2C2H5O.Y/c2*1-2-3;/h2*3H,1-2H2;/q2*-1;. The van der Waals surface area contributed by atoms with Gasteiger partial charge in [-0.2, -0.15) is 0 Å². The van der Waals surface area contributed by atoms with Gasteiger partial charge in [-0.1, -0.05) is 13.2 Å². The van der Waals surface area contributed by atoms with Gasteiger partial charge < -0.3 is 24.1 Å². The minimum Gasteiger partial charge on any atom is -0.428 e.